The first kappa shape index (κ1) is 14.7. The topological polar surface area (TPSA) is 55.2 Å². The number of hydrogen-bond acceptors (Lipinski definition) is 3. The standard InChI is InChI=1S/C12H7Br2IN2O2/c13-8-2-1-3-9(14)12(8)16-7-4-5-11(17(18)19)10(15)6-7/h1-6,16H. The molecular formula is C12H7Br2IN2O2. The van der Waals surface area contributed by atoms with E-state index in [4.69, 9.17) is 0 Å². The molecule has 0 saturated carbocycles. The van der Waals surface area contributed by atoms with E-state index in [2.05, 4.69) is 37.2 Å². The fourth-order valence-corrected chi connectivity index (χ4v) is 3.40. The molecule has 0 radical (unpaired) electrons. The summed E-state index contributed by atoms with van der Waals surface area (Å²) in [5.74, 6) is 0. The lowest BCUT2D eigenvalue weighted by atomic mass is 10.2. The van der Waals surface area contributed by atoms with Crippen LogP contribution < -0.4 is 5.32 Å². The van der Waals surface area contributed by atoms with Crippen molar-refractivity contribution < 1.29 is 4.92 Å². The molecule has 0 atom stereocenters. The van der Waals surface area contributed by atoms with E-state index < -0.39 is 0 Å². The van der Waals surface area contributed by atoms with Crippen LogP contribution in [0, 0.1) is 13.7 Å². The van der Waals surface area contributed by atoms with E-state index >= 15 is 0 Å². The Morgan fingerprint density at radius 3 is 2.32 bits per heavy atom. The Bertz CT molecular complexity index is 629. The molecule has 0 aliphatic heterocycles. The number of nitrogens with one attached hydrogen (secondary N) is 1. The van der Waals surface area contributed by atoms with E-state index in [1.807, 2.05) is 40.8 Å². The molecule has 2 aromatic carbocycles. The molecule has 0 aliphatic rings. The van der Waals surface area contributed by atoms with Crippen molar-refractivity contribution >= 4 is 71.5 Å². The van der Waals surface area contributed by atoms with Gasteiger partial charge in [-0.3, -0.25) is 10.1 Å². The van der Waals surface area contributed by atoms with Crippen LogP contribution in [0.3, 0.4) is 0 Å². The summed E-state index contributed by atoms with van der Waals surface area (Å²) < 4.78 is 2.42. The zero-order valence-corrected chi connectivity index (χ0v) is 14.7. The zero-order valence-electron chi connectivity index (χ0n) is 9.36. The highest BCUT2D eigenvalue weighted by Gasteiger charge is 2.12. The quantitative estimate of drug-likeness (QED) is 0.348. The molecule has 4 nitrogen and oxygen atoms in total. The van der Waals surface area contributed by atoms with Gasteiger partial charge >= 0.3 is 0 Å². The Kier molecular flexibility index (Phi) is 4.80. The minimum absolute atomic E-state index is 0.109. The largest absolute Gasteiger partial charge is 0.354 e. The number of nitrogens with zero attached hydrogens (tertiary/aromatic N) is 1. The first-order valence-corrected chi connectivity index (χ1v) is 7.80. The van der Waals surface area contributed by atoms with Crippen molar-refractivity contribution in [3.63, 3.8) is 0 Å². The molecule has 0 unspecified atom stereocenters. The molecule has 0 aromatic heterocycles. The van der Waals surface area contributed by atoms with Gasteiger partial charge in [-0.2, -0.15) is 0 Å². The van der Waals surface area contributed by atoms with Crippen LogP contribution in [0.4, 0.5) is 17.1 Å². The van der Waals surface area contributed by atoms with Crippen LogP contribution in [-0.2, 0) is 0 Å². The maximum atomic E-state index is 10.8. The summed E-state index contributed by atoms with van der Waals surface area (Å²) in [7, 11) is 0. The van der Waals surface area contributed by atoms with Crippen molar-refractivity contribution in [1.82, 2.24) is 0 Å². The third-order valence-electron chi connectivity index (χ3n) is 2.38. The van der Waals surface area contributed by atoms with Gasteiger partial charge in [-0.05, 0) is 78.7 Å². The molecule has 0 amide bonds. The van der Waals surface area contributed by atoms with E-state index in [0.717, 1.165) is 20.3 Å². The highest BCUT2D eigenvalue weighted by molar-refractivity contribution is 14.1. The van der Waals surface area contributed by atoms with Gasteiger partial charge in [0, 0.05) is 20.7 Å². The van der Waals surface area contributed by atoms with Gasteiger partial charge in [-0.25, -0.2) is 0 Å². The fraction of sp³-hybridized carbons (Fsp3) is 0. The second-order valence-electron chi connectivity index (χ2n) is 3.64. The van der Waals surface area contributed by atoms with Crippen LogP contribution in [0.1, 0.15) is 0 Å². The van der Waals surface area contributed by atoms with Crippen molar-refractivity contribution in [2.24, 2.45) is 0 Å². The van der Waals surface area contributed by atoms with Crippen molar-refractivity contribution in [1.29, 1.82) is 0 Å². The Morgan fingerprint density at radius 2 is 1.79 bits per heavy atom. The van der Waals surface area contributed by atoms with Gasteiger partial charge in [-0.1, -0.05) is 6.07 Å². The molecule has 2 aromatic rings. The molecule has 0 spiro atoms. The van der Waals surface area contributed by atoms with Crippen LogP contribution in [0.2, 0.25) is 0 Å². The Hall–Kier alpha value is -0.670. The SMILES string of the molecule is O=[N+]([O-])c1ccc(Nc2c(Br)cccc2Br)cc1I. The number of anilines is 2. The van der Waals surface area contributed by atoms with Crippen molar-refractivity contribution in [3.8, 4) is 0 Å². The van der Waals surface area contributed by atoms with E-state index in [-0.39, 0.29) is 10.6 Å². The normalized spacial score (nSPS) is 10.3. The van der Waals surface area contributed by atoms with Gasteiger partial charge in [-0.15, -0.1) is 0 Å². The molecule has 0 heterocycles. The molecule has 1 N–H and O–H groups in total. The highest BCUT2D eigenvalue weighted by Crippen LogP contribution is 2.34. The lowest BCUT2D eigenvalue weighted by molar-refractivity contribution is -0.385. The number of benzene rings is 2. The molecule has 98 valence electrons. The molecule has 2 rings (SSSR count). The highest BCUT2D eigenvalue weighted by atomic mass is 127. The van der Waals surface area contributed by atoms with Gasteiger partial charge in [0.1, 0.15) is 0 Å². The maximum Gasteiger partial charge on any atom is 0.282 e. The number of para-hydroxylation sites is 1. The summed E-state index contributed by atoms with van der Waals surface area (Å²) >= 11 is 8.87. The lowest BCUT2D eigenvalue weighted by Gasteiger charge is -2.11. The Labute approximate surface area is 140 Å². The molecule has 0 fully saturated rings. The van der Waals surface area contributed by atoms with E-state index in [9.17, 15) is 10.1 Å². The minimum atomic E-state index is -0.389. The summed E-state index contributed by atoms with van der Waals surface area (Å²) in [6, 6.07) is 10.7. The predicted molar refractivity (Wildman–Crippen MR) is 90.9 cm³/mol. The summed E-state index contributed by atoms with van der Waals surface area (Å²) in [5, 5.41) is 14.0. The first-order chi connectivity index (χ1) is 8.99. The molecule has 7 heteroatoms. The van der Waals surface area contributed by atoms with Gasteiger partial charge in [0.05, 0.1) is 14.2 Å². The molecule has 0 bridgehead atoms. The first-order valence-electron chi connectivity index (χ1n) is 5.14. The van der Waals surface area contributed by atoms with Gasteiger partial charge in [0.25, 0.3) is 5.69 Å². The van der Waals surface area contributed by atoms with Crippen molar-refractivity contribution in [2.45, 2.75) is 0 Å². The van der Waals surface area contributed by atoms with Gasteiger partial charge in [0.2, 0.25) is 0 Å². The van der Waals surface area contributed by atoms with Crippen LogP contribution in [0.5, 0.6) is 0 Å². The smallest absolute Gasteiger partial charge is 0.282 e. The summed E-state index contributed by atoms with van der Waals surface area (Å²) in [5.41, 5.74) is 1.78. The fourth-order valence-electron chi connectivity index (χ4n) is 1.49. The Balaban J connectivity index is 2.34. The third kappa shape index (κ3) is 3.46. The van der Waals surface area contributed by atoms with Crippen LogP contribution in [0.15, 0.2) is 45.3 Å². The number of hydrogen-bond donors (Lipinski definition) is 1. The maximum absolute atomic E-state index is 10.8. The van der Waals surface area contributed by atoms with Crippen LogP contribution >= 0.6 is 54.5 Å². The summed E-state index contributed by atoms with van der Waals surface area (Å²) in [4.78, 5) is 10.4. The van der Waals surface area contributed by atoms with Crippen molar-refractivity contribution in [2.75, 3.05) is 5.32 Å². The zero-order chi connectivity index (χ0) is 14.0. The monoisotopic (exact) mass is 496 g/mol. The van der Waals surface area contributed by atoms with E-state index in [1.54, 1.807) is 12.1 Å². The van der Waals surface area contributed by atoms with Crippen molar-refractivity contribution in [3.05, 3.63) is 59.0 Å². The van der Waals surface area contributed by atoms with Crippen LogP contribution in [-0.4, -0.2) is 4.92 Å². The predicted octanol–water partition coefficient (Wildman–Crippen LogP) is 5.47. The number of rotatable bonds is 3. The number of halogens is 3. The van der Waals surface area contributed by atoms with E-state index in [0.29, 0.717) is 3.57 Å². The average Bonchev–Trinajstić information content (AvgIpc) is 2.33. The molecular weight excluding hydrogens is 491 g/mol. The lowest BCUT2D eigenvalue weighted by Crippen LogP contribution is -1.96. The molecule has 0 aliphatic carbocycles. The second kappa shape index (κ2) is 6.19. The van der Waals surface area contributed by atoms with Gasteiger partial charge in [0.15, 0.2) is 0 Å². The molecule has 19 heavy (non-hydrogen) atoms. The minimum Gasteiger partial charge on any atom is -0.354 e. The van der Waals surface area contributed by atoms with Gasteiger partial charge < -0.3 is 5.32 Å². The third-order valence-corrected chi connectivity index (χ3v) is 4.56. The second-order valence-corrected chi connectivity index (χ2v) is 6.52. The summed E-state index contributed by atoms with van der Waals surface area (Å²) in [6.45, 7) is 0. The number of nitro groups is 1. The van der Waals surface area contributed by atoms with Crippen LogP contribution in [0.25, 0.3) is 0 Å². The summed E-state index contributed by atoms with van der Waals surface area (Å²) in [6.07, 6.45) is 0. The Morgan fingerprint density at radius 1 is 1.16 bits per heavy atom. The average molecular weight is 498 g/mol. The van der Waals surface area contributed by atoms with E-state index in [1.165, 1.54) is 6.07 Å². The molecule has 0 saturated heterocycles. The number of nitro benzene ring substituents is 1.